The summed E-state index contributed by atoms with van der Waals surface area (Å²) in [6.45, 7) is 11.3. The number of benzene rings is 2. The molecule has 0 aliphatic heterocycles. The molecule has 0 bridgehead atoms. The lowest BCUT2D eigenvalue weighted by molar-refractivity contribution is 0.552. The van der Waals surface area contributed by atoms with E-state index in [1.54, 1.807) is 0 Å². The molecule has 0 aliphatic rings. The Bertz CT molecular complexity index is 784. The average Bonchev–Trinajstić information content (AvgIpc) is 2.59. The first-order valence-electron chi connectivity index (χ1n) is 9.18. The van der Waals surface area contributed by atoms with Gasteiger partial charge in [0.15, 0.2) is 16.6 Å². The molecule has 0 aromatic heterocycles. The van der Waals surface area contributed by atoms with Crippen LogP contribution in [0.25, 0.3) is 11.1 Å². The predicted molar refractivity (Wildman–Crippen MR) is 116 cm³/mol. The Kier molecular flexibility index (Phi) is 6.77. The number of nitrogens with zero attached hydrogens (tertiary/aromatic N) is 1. The summed E-state index contributed by atoms with van der Waals surface area (Å²) >= 11 is 0. The highest BCUT2D eigenvalue weighted by Gasteiger charge is 2.30. The van der Waals surface area contributed by atoms with Gasteiger partial charge in [-0.05, 0) is 74.4 Å². The fraction of sp³-hybridized carbons (Fsp3) is 0.318. The van der Waals surface area contributed by atoms with Crippen molar-refractivity contribution < 1.29 is 4.12 Å². The van der Waals surface area contributed by atoms with E-state index in [2.05, 4.69) is 75.2 Å². The quantitative estimate of drug-likeness (QED) is 0.528. The average molecular weight is 380 g/mol. The van der Waals surface area contributed by atoms with Gasteiger partial charge >= 0.3 is 0 Å². The highest BCUT2D eigenvalue weighted by molar-refractivity contribution is 6.87. The van der Waals surface area contributed by atoms with Crippen molar-refractivity contribution in [2.24, 2.45) is 0 Å². The lowest BCUT2D eigenvalue weighted by Gasteiger charge is -2.32. The van der Waals surface area contributed by atoms with Gasteiger partial charge in [0.1, 0.15) is 0 Å². The van der Waals surface area contributed by atoms with E-state index in [1.807, 2.05) is 24.3 Å². The third kappa shape index (κ3) is 6.10. The van der Waals surface area contributed by atoms with Crippen LogP contribution in [0.5, 0.6) is 0 Å². The van der Waals surface area contributed by atoms with E-state index in [0.29, 0.717) is 5.56 Å². The first-order valence-corrected chi connectivity index (χ1v) is 15.3. The molecule has 0 saturated carbocycles. The monoisotopic (exact) mass is 379 g/mol. The minimum absolute atomic E-state index is 0.696. The van der Waals surface area contributed by atoms with E-state index in [4.69, 9.17) is 9.38 Å². The van der Waals surface area contributed by atoms with Crippen LogP contribution in [-0.2, 0) is 10.5 Å². The fourth-order valence-corrected chi connectivity index (χ4v) is 11.3. The molecule has 0 unspecified atom stereocenters. The molecule has 2 aromatic carbocycles. The summed E-state index contributed by atoms with van der Waals surface area (Å²) < 4.78 is 6.57. The number of hydrogen-bond donors (Lipinski definition) is 0. The zero-order valence-corrected chi connectivity index (χ0v) is 18.5. The van der Waals surface area contributed by atoms with E-state index >= 15 is 0 Å². The molecule has 0 spiro atoms. The molecule has 2 aromatic rings. The van der Waals surface area contributed by atoms with Crippen LogP contribution in [0.4, 0.5) is 0 Å². The smallest absolute Gasteiger partial charge is 0.198 e. The van der Waals surface area contributed by atoms with Crippen molar-refractivity contribution in [1.29, 1.82) is 5.26 Å². The first kappa shape index (κ1) is 20.4. The Balaban J connectivity index is 1.99. The van der Waals surface area contributed by atoms with Gasteiger partial charge in [-0.2, -0.15) is 5.26 Å². The molecule has 26 heavy (non-hydrogen) atoms. The summed E-state index contributed by atoms with van der Waals surface area (Å²) in [7, 11) is -3.35. The molecule has 0 amide bonds. The summed E-state index contributed by atoms with van der Waals surface area (Å²) in [4.78, 5) is 0. The summed E-state index contributed by atoms with van der Waals surface area (Å²) in [6.07, 6.45) is 3.19. The van der Waals surface area contributed by atoms with E-state index in [1.165, 1.54) is 11.1 Å². The van der Waals surface area contributed by atoms with Crippen molar-refractivity contribution in [2.45, 2.75) is 45.6 Å². The van der Waals surface area contributed by atoms with Gasteiger partial charge in [0.05, 0.1) is 11.6 Å². The summed E-state index contributed by atoms with van der Waals surface area (Å²) in [5.74, 6) is 0. The standard InChI is InChI=1S/C22H29NOSi2/c1-6-16-25(2,3)24-26(4,5)17-15-19-7-11-21(12-8-19)22-13-9-20(18-23)10-14-22/h6-14,16H,15,17H2,1-5H3. The third-order valence-corrected chi connectivity index (χ3v) is 11.3. The van der Waals surface area contributed by atoms with Crippen LogP contribution in [0.3, 0.4) is 0 Å². The molecule has 0 atom stereocenters. The minimum atomic E-state index is -1.68. The number of nitriles is 1. The Labute approximate surface area is 160 Å². The second kappa shape index (κ2) is 8.63. The Morgan fingerprint density at radius 1 is 0.923 bits per heavy atom. The topological polar surface area (TPSA) is 33.0 Å². The van der Waals surface area contributed by atoms with Crippen molar-refractivity contribution in [2.75, 3.05) is 0 Å². The van der Waals surface area contributed by atoms with Gasteiger partial charge < -0.3 is 4.12 Å². The van der Waals surface area contributed by atoms with Crippen molar-refractivity contribution >= 4 is 16.6 Å². The molecular formula is C22H29NOSi2. The molecule has 0 aliphatic carbocycles. The van der Waals surface area contributed by atoms with Crippen LogP contribution < -0.4 is 0 Å². The number of allylic oxidation sites excluding steroid dienone is 1. The number of hydrogen-bond acceptors (Lipinski definition) is 2. The highest BCUT2D eigenvalue weighted by atomic mass is 28.4. The van der Waals surface area contributed by atoms with Crippen molar-refractivity contribution in [3.8, 4) is 17.2 Å². The Morgan fingerprint density at radius 3 is 1.96 bits per heavy atom. The lowest BCUT2D eigenvalue weighted by atomic mass is 10.0. The largest absolute Gasteiger partial charge is 0.453 e. The van der Waals surface area contributed by atoms with E-state index in [-0.39, 0.29) is 0 Å². The molecule has 0 N–H and O–H groups in total. The normalized spacial score (nSPS) is 12.3. The molecule has 4 heteroatoms. The third-order valence-electron chi connectivity index (χ3n) is 4.42. The van der Waals surface area contributed by atoms with E-state index < -0.39 is 16.6 Å². The van der Waals surface area contributed by atoms with Crippen molar-refractivity contribution in [1.82, 2.24) is 0 Å². The molecule has 0 radical (unpaired) electrons. The molecule has 0 heterocycles. The van der Waals surface area contributed by atoms with Crippen LogP contribution in [0, 0.1) is 11.3 Å². The minimum Gasteiger partial charge on any atom is -0.453 e. The van der Waals surface area contributed by atoms with Crippen LogP contribution >= 0.6 is 0 Å². The van der Waals surface area contributed by atoms with E-state index in [0.717, 1.165) is 18.0 Å². The molecule has 0 fully saturated rings. The predicted octanol–water partition coefficient (Wildman–Crippen LogP) is 6.31. The Hall–Kier alpha value is -1.94. The van der Waals surface area contributed by atoms with Crippen LogP contribution in [0.2, 0.25) is 32.2 Å². The van der Waals surface area contributed by atoms with Crippen LogP contribution in [0.1, 0.15) is 18.1 Å². The second-order valence-corrected chi connectivity index (χ2v) is 16.2. The van der Waals surface area contributed by atoms with Gasteiger partial charge in [0.2, 0.25) is 0 Å². The summed E-state index contributed by atoms with van der Waals surface area (Å²) in [5.41, 5.74) is 6.66. The SMILES string of the molecule is CC=C[Si](C)(C)O[Si](C)(C)CCc1ccc(-c2ccc(C#N)cc2)cc1. The molecule has 2 rings (SSSR count). The summed E-state index contributed by atoms with van der Waals surface area (Å²) in [6, 6.07) is 19.8. The fourth-order valence-electron chi connectivity index (χ4n) is 3.24. The molecule has 0 saturated heterocycles. The van der Waals surface area contributed by atoms with Gasteiger partial charge in [-0.3, -0.25) is 0 Å². The Morgan fingerprint density at radius 2 is 1.46 bits per heavy atom. The summed E-state index contributed by atoms with van der Waals surface area (Å²) in [5, 5.41) is 8.90. The maximum absolute atomic E-state index is 8.90. The van der Waals surface area contributed by atoms with Gasteiger partial charge in [0.25, 0.3) is 0 Å². The first-order chi connectivity index (χ1) is 12.2. The van der Waals surface area contributed by atoms with Gasteiger partial charge in [-0.15, -0.1) is 0 Å². The van der Waals surface area contributed by atoms with Crippen molar-refractivity contribution in [3.05, 3.63) is 71.4 Å². The second-order valence-electron chi connectivity index (χ2n) is 7.85. The maximum atomic E-state index is 8.90. The number of rotatable bonds is 7. The maximum Gasteiger partial charge on any atom is 0.198 e. The number of aryl methyl sites for hydroxylation is 1. The molecule has 136 valence electrons. The van der Waals surface area contributed by atoms with E-state index in [9.17, 15) is 0 Å². The van der Waals surface area contributed by atoms with Gasteiger partial charge in [0, 0.05) is 0 Å². The van der Waals surface area contributed by atoms with Crippen LogP contribution in [-0.4, -0.2) is 16.6 Å². The lowest BCUT2D eigenvalue weighted by Crippen LogP contribution is -2.43. The highest BCUT2D eigenvalue weighted by Crippen LogP contribution is 2.24. The van der Waals surface area contributed by atoms with Gasteiger partial charge in [-0.1, -0.05) is 48.2 Å². The zero-order chi connectivity index (χ0) is 19.2. The molecule has 2 nitrogen and oxygen atoms in total. The van der Waals surface area contributed by atoms with Crippen molar-refractivity contribution in [3.63, 3.8) is 0 Å². The van der Waals surface area contributed by atoms with Gasteiger partial charge in [-0.25, -0.2) is 0 Å². The van der Waals surface area contributed by atoms with Crippen LogP contribution in [0.15, 0.2) is 60.3 Å². The zero-order valence-electron chi connectivity index (χ0n) is 16.5. The molecular weight excluding hydrogens is 350 g/mol.